The molecule has 0 aromatic heterocycles. The molecule has 0 unspecified atom stereocenters. The molecule has 0 amide bonds. The summed E-state index contributed by atoms with van der Waals surface area (Å²) in [5.41, 5.74) is 0. The van der Waals surface area contributed by atoms with E-state index in [1.807, 2.05) is 11.8 Å². The summed E-state index contributed by atoms with van der Waals surface area (Å²) in [6, 6.07) is 0. The lowest BCUT2D eigenvalue weighted by atomic mass is 10.2. The monoisotopic (exact) mass is 160 g/mol. The van der Waals surface area contributed by atoms with Crippen LogP contribution in [-0.2, 0) is 9.53 Å². The second-order valence-electron chi connectivity index (χ2n) is 2.61. The molecule has 0 bridgehead atoms. The first-order valence-electron chi connectivity index (χ1n) is 3.47. The number of carbonyl (C=O) groups is 1. The summed E-state index contributed by atoms with van der Waals surface area (Å²) < 4.78 is 5.02. The van der Waals surface area contributed by atoms with Gasteiger partial charge in [-0.15, -0.1) is 0 Å². The normalized spacial score (nSPS) is 32.2. The lowest BCUT2D eigenvalue weighted by Gasteiger charge is -2.07. The molecule has 3 heteroatoms. The zero-order valence-corrected chi connectivity index (χ0v) is 7.11. The highest BCUT2D eigenvalue weighted by molar-refractivity contribution is 8.00. The fourth-order valence-corrected chi connectivity index (χ4v) is 2.19. The van der Waals surface area contributed by atoms with Gasteiger partial charge >= 0.3 is 5.97 Å². The Balaban J connectivity index is 2.24. The van der Waals surface area contributed by atoms with E-state index in [2.05, 4.69) is 6.92 Å². The van der Waals surface area contributed by atoms with Crippen LogP contribution in [0.4, 0.5) is 0 Å². The first-order chi connectivity index (χ1) is 4.68. The van der Waals surface area contributed by atoms with E-state index in [4.69, 9.17) is 4.74 Å². The maximum atomic E-state index is 10.5. The van der Waals surface area contributed by atoms with Gasteiger partial charge in [0.15, 0.2) is 0 Å². The smallest absolute Gasteiger partial charge is 0.302 e. The van der Waals surface area contributed by atoms with Crippen LogP contribution in [0.5, 0.6) is 0 Å². The third-order valence-electron chi connectivity index (χ3n) is 1.49. The highest BCUT2D eigenvalue weighted by atomic mass is 32.2. The van der Waals surface area contributed by atoms with Gasteiger partial charge in [0.05, 0.1) is 0 Å². The van der Waals surface area contributed by atoms with E-state index in [1.54, 1.807) is 0 Å². The lowest BCUT2D eigenvalue weighted by Crippen LogP contribution is -2.15. The van der Waals surface area contributed by atoms with Gasteiger partial charge in [0, 0.05) is 17.9 Å². The van der Waals surface area contributed by atoms with E-state index in [0.717, 1.165) is 12.2 Å². The molecule has 2 atom stereocenters. The maximum Gasteiger partial charge on any atom is 0.302 e. The van der Waals surface area contributed by atoms with Gasteiger partial charge in [-0.1, -0.05) is 6.92 Å². The predicted octanol–water partition coefficient (Wildman–Crippen LogP) is 1.44. The Morgan fingerprint density at radius 1 is 1.70 bits per heavy atom. The van der Waals surface area contributed by atoms with Crippen molar-refractivity contribution in [2.45, 2.75) is 31.6 Å². The molecule has 1 heterocycles. The van der Waals surface area contributed by atoms with Crippen LogP contribution in [0.3, 0.4) is 0 Å². The van der Waals surface area contributed by atoms with Crippen LogP contribution in [0, 0.1) is 0 Å². The molecule has 1 aliphatic heterocycles. The number of esters is 1. The Kier molecular flexibility index (Phi) is 2.60. The second-order valence-corrected chi connectivity index (χ2v) is 4.08. The maximum absolute atomic E-state index is 10.5. The minimum absolute atomic E-state index is 0.153. The van der Waals surface area contributed by atoms with Crippen molar-refractivity contribution in [1.29, 1.82) is 0 Å². The summed E-state index contributed by atoms with van der Waals surface area (Å²) in [5, 5.41) is 0.657. The van der Waals surface area contributed by atoms with Crippen LogP contribution < -0.4 is 0 Å². The molecule has 1 fully saturated rings. The fourth-order valence-electron chi connectivity index (χ4n) is 1.09. The average molecular weight is 160 g/mol. The van der Waals surface area contributed by atoms with E-state index in [1.165, 1.54) is 6.92 Å². The Hall–Kier alpha value is -0.180. The zero-order valence-electron chi connectivity index (χ0n) is 6.29. The predicted molar refractivity (Wildman–Crippen MR) is 42.1 cm³/mol. The SMILES string of the molecule is CC(=O)O[C@@H]1CS[C@@H](C)C1. The number of carbonyl (C=O) groups excluding carboxylic acids is 1. The highest BCUT2D eigenvalue weighted by Crippen LogP contribution is 2.27. The van der Waals surface area contributed by atoms with Crippen LogP contribution in [-0.4, -0.2) is 23.1 Å². The Morgan fingerprint density at radius 2 is 2.40 bits per heavy atom. The van der Waals surface area contributed by atoms with Gasteiger partial charge in [-0.25, -0.2) is 0 Å². The Bertz CT molecular complexity index is 136. The summed E-state index contributed by atoms with van der Waals surface area (Å²) >= 11 is 1.87. The quantitative estimate of drug-likeness (QED) is 0.543. The molecule has 0 radical (unpaired) electrons. The molecule has 2 nitrogen and oxygen atoms in total. The summed E-state index contributed by atoms with van der Waals surface area (Å²) in [5.74, 6) is 0.820. The number of ether oxygens (including phenoxy) is 1. The first-order valence-corrected chi connectivity index (χ1v) is 4.52. The molecular weight excluding hydrogens is 148 g/mol. The van der Waals surface area contributed by atoms with Crippen molar-refractivity contribution in [2.75, 3.05) is 5.75 Å². The van der Waals surface area contributed by atoms with Gasteiger partial charge in [-0.3, -0.25) is 4.79 Å². The zero-order chi connectivity index (χ0) is 7.56. The van der Waals surface area contributed by atoms with E-state index < -0.39 is 0 Å². The van der Waals surface area contributed by atoms with Crippen molar-refractivity contribution in [1.82, 2.24) is 0 Å². The minimum Gasteiger partial charge on any atom is -0.462 e. The Labute approximate surface area is 65.3 Å². The molecule has 58 valence electrons. The van der Waals surface area contributed by atoms with Crippen LogP contribution >= 0.6 is 11.8 Å². The second kappa shape index (κ2) is 3.28. The van der Waals surface area contributed by atoms with Crippen molar-refractivity contribution < 1.29 is 9.53 Å². The molecule has 10 heavy (non-hydrogen) atoms. The Morgan fingerprint density at radius 3 is 2.80 bits per heavy atom. The van der Waals surface area contributed by atoms with Gasteiger partial charge < -0.3 is 4.74 Å². The molecule has 0 aromatic rings. The number of hydrogen-bond donors (Lipinski definition) is 0. The van der Waals surface area contributed by atoms with Crippen LogP contribution in [0.15, 0.2) is 0 Å². The molecule has 0 spiro atoms. The van der Waals surface area contributed by atoms with Crippen molar-refractivity contribution >= 4 is 17.7 Å². The standard InChI is InChI=1S/C7H12O2S/c1-5-3-7(4-10-5)9-6(2)8/h5,7H,3-4H2,1-2H3/t5-,7-/m0/s1. The van der Waals surface area contributed by atoms with Crippen molar-refractivity contribution in [2.24, 2.45) is 0 Å². The number of thioether (sulfide) groups is 1. The molecule has 0 aliphatic carbocycles. The molecule has 1 saturated heterocycles. The first kappa shape index (κ1) is 7.92. The van der Waals surface area contributed by atoms with E-state index in [-0.39, 0.29) is 12.1 Å². The molecule has 1 rings (SSSR count). The van der Waals surface area contributed by atoms with E-state index in [9.17, 15) is 4.79 Å². The van der Waals surface area contributed by atoms with Crippen molar-refractivity contribution in [3.05, 3.63) is 0 Å². The lowest BCUT2D eigenvalue weighted by molar-refractivity contribution is -0.145. The summed E-state index contributed by atoms with van der Waals surface area (Å²) in [4.78, 5) is 10.5. The van der Waals surface area contributed by atoms with Crippen molar-refractivity contribution in [3.63, 3.8) is 0 Å². The van der Waals surface area contributed by atoms with Gasteiger partial charge in [0.1, 0.15) is 6.10 Å². The fraction of sp³-hybridized carbons (Fsp3) is 0.857. The number of hydrogen-bond acceptors (Lipinski definition) is 3. The van der Waals surface area contributed by atoms with Gasteiger partial charge in [0.2, 0.25) is 0 Å². The van der Waals surface area contributed by atoms with Gasteiger partial charge in [-0.05, 0) is 6.42 Å². The third kappa shape index (κ3) is 2.21. The topological polar surface area (TPSA) is 26.3 Å². The third-order valence-corrected chi connectivity index (χ3v) is 2.82. The largest absolute Gasteiger partial charge is 0.462 e. The molecule has 1 aliphatic rings. The molecular formula is C7H12O2S. The van der Waals surface area contributed by atoms with E-state index in [0.29, 0.717) is 5.25 Å². The van der Waals surface area contributed by atoms with Gasteiger partial charge in [0.25, 0.3) is 0 Å². The summed E-state index contributed by atoms with van der Waals surface area (Å²) in [7, 11) is 0. The minimum atomic E-state index is -0.153. The van der Waals surface area contributed by atoms with Crippen LogP contribution in [0.1, 0.15) is 20.3 Å². The molecule has 0 saturated carbocycles. The summed E-state index contributed by atoms with van der Waals surface area (Å²) in [6.07, 6.45) is 1.20. The van der Waals surface area contributed by atoms with Crippen LogP contribution in [0.2, 0.25) is 0 Å². The summed E-state index contributed by atoms with van der Waals surface area (Å²) in [6.45, 7) is 3.63. The van der Waals surface area contributed by atoms with E-state index >= 15 is 0 Å². The van der Waals surface area contributed by atoms with Crippen LogP contribution in [0.25, 0.3) is 0 Å². The number of rotatable bonds is 1. The molecule has 0 aromatic carbocycles. The highest BCUT2D eigenvalue weighted by Gasteiger charge is 2.23. The van der Waals surface area contributed by atoms with Crippen molar-refractivity contribution in [3.8, 4) is 0 Å². The van der Waals surface area contributed by atoms with Gasteiger partial charge in [-0.2, -0.15) is 11.8 Å². The molecule has 0 N–H and O–H groups in total. The average Bonchev–Trinajstić information content (AvgIpc) is 2.13.